The highest BCUT2D eigenvalue weighted by Gasteiger charge is 2.36. The minimum Gasteiger partial charge on any atom is -0.349 e. The summed E-state index contributed by atoms with van der Waals surface area (Å²) in [5, 5.41) is 5.28. The normalized spacial score (nSPS) is 21.2. The molecule has 0 aromatic carbocycles. The average molecular weight is 330 g/mol. The molecule has 3 nitrogen and oxygen atoms in total. The van der Waals surface area contributed by atoms with Crippen LogP contribution in [0.1, 0.15) is 39.0 Å². The Hall–Kier alpha value is -0.290. The maximum atomic E-state index is 6.24. The van der Waals surface area contributed by atoms with E-state index in [1.807, 2.05) is 7.05 Å². The molecule has 0 radical (unpaired) electrons. The van der Waals surface area contributed by atoms with Crippen LogP contribution < -0.4 is 5.32 Å². The lowest BCUT2D eigenvalue weighted by Crippen LogP contribution is -2.36. The zero-order valence-electron chi connectivity index (χ0n) is 14.8. The van der Waals surface area contributed by atoms with Crippen LogP contribution in [0.25, 0.3) is 0 Å². The van der Waals surface area contributed by atoms with Gasteiger partial charge in [-0.15, -0.1) is 6.58 Å². The third-order valence-corrected chi connectivity index (χ3v) is 7.44. The Labute approximate surface area is 138 Å². The first-order chi connectivity index (χ1) is 10.5. The first-order valence-corrected chi connectivity index (χ1v) is 10.8. The number of likely N-dealkylation sites (N-methyl/N-ethyl adjacent to an activating group) is 1. The SMILES string of the molecule is C=CS(C)(CCOC1(OCCNC)CCCC1)CCC(=C)C. The van der Waals surface area contributed by atoms with Gasteiger partial charge < -0.3 is 14.8 Å². The van der Waals surface area contributed by atoms with E-state index in [0.717, 1.165) is 44.8 Å². The van der Waals surface area contributed by atoms with E-state index in [1.165, 1.54) is 24.2 Å². The molecule has 0 aliphatic heterocycles. The van der Waals surface area contributed by atoms with Gasteiger partial charge in [0.05, 0.1) is 13.2 Å². The molecule has 1 unspecified atom stereocenters. The number of allylic oxidation sites excluding steroid dienone is 1. The lowest BCUT2D eigenvalue weighted by atomic mass is 10.2. The molecule has 0 amide bonds. The largest absolute Gasteiger partial charge is 0.349 e. The average Bonchev–Trinajstić information content (AvgIpc) is 2.94. The van der Waals surface area contributed by atoms with Gasteiger partial charge in [0.25, 0.3) is 0 Å². The van der Waals surface area contributed by atoms with Gasteiger partial charge in [-0.3, -0.25) is 0 Å². The summed E-state index contributed by atoms with van der Waals surface area (Å²) in [7, 11) is 1.14. The van der Waals surface area contributed by atoms with Crippen molar-refractivity contribution in [3.8, 4) is 0 Å². The van der Waals surface area contributed by atoms with Crippen LogP contribution in [0.15, 0.2) is 24.1 Å². The monoisotopic (exact) mass is 329 g/mol. The number of nitrogens with one attached hydrogen (secondary N) is 1. The van der Waals surface area contributed by atoms with Gasteiger partial charge in [-0.25, -0.2) is 10.0 Å². The lowest BCUT2D eigenvalue weighted by molar-refractivity contribution is -0.228. The summed E-state index contributed by atoms with van der Waals surface area (Å²) in [6.07, 6.45) is 7.91. The molecule has 1 fully saturated rings. The van der Waals surface area contributed by atoms with Crippen LogP contribution in [0, 0.1) is 0 Å². The van der Waals surface area contributed by atoms with E-state index in [4.69, 9.17) is 9.47 Å². The first-order valence-electron chi connectivity index (χ1n) is 8.38. The molecule has 1 saturated carbocycles. The van der Waals surface area contributed by atoms with Crippen LogP contribution >= 0.6 is 10.0 Å². The minimum absolute atomic E-state index is 0.327. The molecular weight excluding hydrogens is 294 g/mol. The quantitative estimate of drug-likeness (QED) is 0.333. The van der Waals surface area contributed by atoms with E-state index in [0.29, 0.717) is 0 Å². The van der Waals surface area contributed by atoms with Gasteiger partial charge in [-0.2, -0.15) is 0 Å². The summed E-state index contributed by atoms with van der Waals surface area (Å²) in [4.78, 5) is 0. The molecule has 130 valence electrons. The van der Waals surface area contributed by atoms with Crippen molar-refractivity contribution in [3.05, 3.63) is 24.1 Å². The van der Waals surface area contributed by atoms with Crippen molar-refractivity contribution in [2.45, 2.75) is 44.8 Å². The van der Waals surface area contributed by atoms with E-state index in [1.54, 1.807) is 0 Å². The topological polar surface area (TPSA) is 30.5 Å². The zero-order valence-corrected chi connectivity index (χ0v) is 15.6. The molecule has 0 aromatic rings. The van der Waals surface area contributed by atoms with E-state index < -0.39 is 10.0 Å². The first kappa shape index (κ1) is 19.8. The van der Waals surface area contributed by atoms with Crippen molar-refractivity contribution < 1.29 is 9.47 Å². The van der Waals surface area contributed by atoms with Gasteiger partial charge in [-0.1, -0.05) is 17.6 Å². The van der Waals surface area contributed by atoms with Gasteiger partial charge in [0, 0.05) is 25.1 Å². The molecule has 0 saturated heterocycles. The predicted molar refractivity (Wildman–Crippen MR) is 99.9 cm³/mol. The highest BCUT2D eigenvalue weighted by molar-refractivity contribution is 8.35. The summed E-state index contributed by atoms with van der Waals surface area (Å²) >= 11 is 0. The van der Waals surface area contributed by atoms with Crippen molar-refractivity contribution in [3.63, 3.8) is 0 Å². The number of hydrogen-bond acceptors (Lipinski definition) is 3. The van der Waals surface area contributed by atoms with Crippen LogP contribution in [-0.4, -0.2) is 50.4 Å². The van der Waals surface area contributed by atoms with E-state index in [-0.39, 0.29) is 5.79 Å². The summed E-state index contributed by atoms with van der Waals surface area (Å²) in [5.41, 5.74) is 1.25. The second-order valence-electron chi connectivity index (χ2n) is 6.55. The Morgan fingerprint density at radius 1 is 1.23 bits per heavy atom. The van der Waals surface area contributed by atoms with Gasteiger partial charge in [0.15, 0.2) is 5.79 Å². The second-order valence-corrected chi connectivity index (χ2v) is 10.4. The molecule has 0 aromatic heterocycles. The molecule has 1 rings (SSSR count). The van der Waals surface area contributed by atoms with E-state index in [2.05, 4.69) is 37.1 Å². The van der Waals surface area contributed by atoms with Crippen LogP contribution in [0.3, 0.4) is 0 Å². The molecule has 1 aliphatic rings. The smallest absolute Gasteiger partial charge is 0.168 e. The zero-order chi connectivity index (χ0) is 16.5. The van der Waals surface area contributed by atoms with Crippen LogP contribution in [0.2, 0.25) is 0 Å². The molecule has 4 heteroatoms. The van der Waals surface area contributed by atoms with Gasteiger partial charge in [0.1, 0.15) is 0 Å². The standard InChI is InChI=1S/C18H35NO2S/c1-6-22(5,15-9-17(2)3)16-14-21-18(10-7-8-11-18)20-13-12-19-4/h6,19H,1-2,7-16H2,3-5H3. The van der Waals surface area contributed by atoms with Crippen molar-refractivity contribution in [2.24, 2.45) is 0 Å². The Balaban J connectivity index is 2.43. The minimum atomic E-state index is -0.805. The molecule has 0 spiro atoms. The third-order valence-electron chi connectivity index (χ3n) is 4.39. The van der Waals surface area contributed by atoms with E-state index in [9.17, 15) is 0 Å². The Morgan fingerprint density at radius 3 is 2.41 bits per heavy atom. The van der Waals surface area contributed by atoms with Crippen molar-refractivity contribution in [1.29, 1.82) is 0 Å². The second kappa shape index (κ2) is 9.76. The third kappa shape index (κ3) is 6.86. The molecule has 22 heavy (non-hydrogen) atoms. The van der Waals surface area contributed by atoms with E-state index >= 15 is 0 Å². The molecule has 1 atom stereocenters. The number of rotatable bonds is 12. The highest BCUT2D eigenvalue weighted by atomic mass is 32.3. The Morgan fingerprint density at radius 2 is 1.86 bits per heavy atom. The fraction of sp³-hybridized carbons (Fsp3) is 0.778. The van der Waals surface area contributed by atoms with Gasteiger partial charge in [-0.05, 0) is 45.2 Å². The molecule has 0 heterocycles. The molecular formula is C18H35NO2S. The summed E-state index contributed by atoms with van der Waals surface area (Å²) < 4.78 is 12.3. The fourth-order valence-electron chi connectivity index (χ4n) is 2.68. The van der Waals surface area contributed by atoms with Crippen LogP contribution in [-0.2, 0) is 9.47 Å². The van der Waals surface area contributed by atoms with Gasteiger partial charge in [0.2, 0.25) is 0 Å². The summed E-state index contributed by atoms with van der Waals surface area (Å²) in [6, 6.07) is 0. The predicted octanol–water partition coefficient (Wildman–Crippen LogP) is 4.05. The van der Waals surface area contributed by atoms with Crippen LogP contribution in [0.5, 0.6) is 0 Å². The summed E-state index contributed by atoms with van der Waals surface area (Å²) in [6.45, 7) is 12.5. The summed E-state index contributed by atoms with van der Waals surface area (Å²) in [5.74, 6) is 1.91. The molecule has 1 aliphatic carbocycles. The van der Waals surface area contributed by atoms with Crippen molar-refractivity contribution in [1.82, 2.24) is 5.32 Å². The molecule has 0 bridgehead atoms. The maximum absolute atomic E-state index is 6.24. The number of hydrogen-bond donors (Lipinski definition) is 1. The number of ether oxygens (including phenoxy) is 2. The van der Waals surface area contributed by atoms with Gasteiger partial charge >= 0.3 is 0 Å². The maximum Gasteiger partial charge on any atom is 0.168 e. The van der Waals surface area contributed by atoms with Crippen molar-refractivity contribution in [2.75, 3.05) is 44.6 Å². The van der Waals surface area contributed by atoms with Crippen LogP contribution in [0.4, 0.5) is 0 Å². The highest BCUT2D eigenvalue weighted by Crippen LogP contribution is 2.46. The Kier molecular flexibility index (Phi) is 8.77. The van der Waals surface area contributed by atoms with Crippen molar-refractivity contribution >= 4 is 10.0 Å². The fourth-order valence-corrected chi connectivity index (χ4v) is 4.49. The lowest BCUT2D eigenvalue weighted by Gasteiger charge is -2.35. The molecule has 1 N–H and O–H groups in total. The Bertz CT molecular complexity index is 353.